The number of hydrogen-bond donors (Lipinski definition) is 3. The van der Waals surface area contributed by atoms with Gasteiger partial charge in [0.25, 0.3) is 5.69 Å². The van der Waals surface area contributed by atoms with E-state index < -0.39 is 4.92 Å². The van der Waals surface area contributed by atoms with Crippen molar-refractivity contribution >= 4 is 22.1 Å². The Bertz CT molecular complexity index is 631. The van der Waals surface area contributed by atoms with Crippen LogP contribution in [-0.4, -0.2) is 40.8 Å². The monoisotopic (exact) mass is 290 g/mol. The molecular weight excluding hydrogens is 272 g/mol. The fourth-order valence-corrected chi connectivity index (χ4v) is 2.08. The lowest BCUT2D eigenvalue weighted by molar-refractivity contribution is -0.383. The van der Waals surface area contributed by atoms with Gasteiger partial charge in [0.2, 0.25) is 0 Å². The van der Waals surface area contributed by atoms with E-state index in [1.54, 1.807) is 31.5 Å². The molecule has 2 aromatic rings. The van der Waals surface area contributed by atoms with Crippen molar-refractivity contribution in [3.8, 4) is 0 Å². The molecule has 112 valence electrons. The number of nitro groups is 1. The number of fused-ring (bicyclic) bond motifs is 1. The Kier molecular flexibility index (Phi) is 5.02. The van der Waals surface area contributed by atoms with Crippen molar-refractivity contribution in [1.82, 2.24) is 10.3 Å². The van der Waals surface area contributed by atoms with E-state index in [9.17, 15) is 10.1 Å². The molecule has 0 fully saturated rings. The molecule has 0 saturated heterocycles. The Morgan fingerprint density at radius 1 is 1.33 bits per heavy atom. The average molecular weight is 290 g/mol. The molecule has 1 atom stereocenters. The molecule has 0 amide bonds. The predicted molar refractivity (Wildman–Crippen MR) is 81.4 cm³/mol. The van der Waals surface area contributed by atoms with E-state index in [0.717, 1.165) is 11.1 Å². The zero-order valence-electron chi connectivity index (χ0n) is 11.7. The number of aliphatic hydroxyl groups is 1. The number of benzene rings is 1. The van der Waals surface area contributed by atoms with Crippen molar-refractivity contribution in [2.24, 2.45) is 0 Å². The minimum atomic E-state index is -0.393. The van der Waals surface area contributed by atoms with Gasteiger partial charge < -0.3 is 15.7 Å². The lowest BCUT2D eigenvalue weighted by Crippen LogP contribution is -2.28. The average Bonchev–Trinajstić information content (AvgIpc) is 2.46. The number of nitrogens with one attached hydrogen (secondary N) is 2. The Hall–Kier alpha value is -2.25. The number of aromatic nitrogens is 1. The molecule has 0 aliphatic rings. The van der Waals surface area contributed by atoms with Gasteiger partial charge in [-0.2, -0.15) is 0 Å². The van der Waals surface area contributed by atoms with Gasteiger partial charge in [0.15, 0.2) is 0 Å². The summed E-state index contributed by atoms with van der Waals surface area (Å²) in [5, 5.41) is 27.8. The zero-order valence-corrected chi connectivity index (χ0v) is 11.7. The zero-order chi connectivity index (χ0) is 15.2. The van der Waals surface area contributed by atoms with Crippen LogP contribution in [0.2, 0.25) is 0 Å². The van der Waals surface area contributed by atoms with Gasteiger partial charge >= 0.3 is 0 Å². The molecule has 1 aromatic carbocycles. The second-order valence-corrected chi connectivity index (χ2v) is 4.79. The molecule has 21 heavy (non-hydrogen) atoms. The summed E-state index contributed by atoms with van der Waals surface area (Å²) in [4.78, 5) is 14.7. The van der Waals surface area contributed by atoms with E-state index >= 15 is 0 Å². The minimum Gasteiger partial charge on any atom is -0.392 e. The molecule has 0 aliphatic heterocycles. The van der Waals surface area contributed by atoms with E-state index in [1.807, 2.05) is 0 Å². The molecule has 7 nitrogen and oxygen atoms in total. The Morgan fingerprint density at radius 3 is 2.86 bits per heavy atom. The normalized spacial score (nSPS) is 12.3. The van der Waals surface area contributed by atoms with Crippen LogP contribution < -0.4 is 10.6 Å². The van der Waals surface area contributed by atoms with Crippen LogP contribution in [0.15, 0.2) is 30.6 Å². The van der Waals surface area contributed by atoms with E-state index in [1.165, 1.54) is 6.07 Å². The van der Waals surface area contributed by atoms with Crippen molar-refractivity contribution in [2.75, 3.05) is 25.0 Å². The van der Waals surface area contributed by atoms with Gasteiger partial charge in [0.1, 0.15) is 0 Å². The topological polar surface area (TPSA) is 100 Å². The highest BCUT2D eigenvalue weighted by atomic mass is 16.6. The first-order valence-corrected chi connectivity index (χ1v) is 6.73. The first-order valence-electron chi connectivity index (χ1n) is 6.73. The lowest BCUT2D eigenvalue weighted by Gasteiger charge is -2.11. The SMILES string of the molecule is CC(O)CNCCNc1ccc([N+](=O)[O-])c2ccncc12. The Labute approximate surface area is 122 Å². The minimum absolute atomic E-state index is 0.0742. The highest BCUT2D eigenvalue weighted by Gasteiger charge is 2.13. The van der Waals surface area contributed by atoms with Crippen molar-refractivity contribution in [3.63, 3.8) is 0 Å². The third-order valence-corrected chi connectivity index (χ3v) is 3.05. The molecule has 0 bridgehead atoms. The van der Waals surface area contributed by atoms with Gasteiger partial charge in [-0.25, -0.2) is 0 Å². The van der Waals surface area contributed by atoms with Crippen LogP contribution in [0.5, 0.6) is 0 Å². The Balaban J connectivity index is 2.11. The van der Waals surface area contributed by atoms with Crippen molar-refractivity contribution in [2.45, 2.75) is 13.0 Å². The summed E-state index contributed by atoms with van der Waals surface area (Å²) in [6.45, 7) is 3.58. The number of hydrogen-bond acceptors (Lipinski definition) is 6. The number of aliphatic hydroxyl groups excluding tert-OH is 1. The highest BCUT2D eigenvalue weighted by Crippen LogP contribution is 2.30. The summed E-state index contributed by atoms with van der Waals surface area (Å²) in [5.74, 6) is 0. The van der Waals surface area contributed by atoms with E-state index in [-0.39, 0.29) is 11.8 Å². The van der Waals surface area contributed by atoms with Crippen LogP contribution in [-0.2, 0) is 0 Å². The number of pyridine rings is 1. The van der Waals surface area contributed by atoms with Crippen LogP contribution in [0.25, 0.3) is 10.8 Å². The molecule has 3 N–H and O–H groups in total. The van der Waals surface area contributed by atoms with E-state index in [2.05, 4.69) is 15.6 Å². The number of anilines is 1. The van der Waals surface area contributed by atoms with E-state index in [0.29, 0.717) is 25.0 Å². The third-order valence-electron chi connectivity index (χ3n) is 3.05. The maximum absolute atomic E-state index is 11.0. The molecule has 1 heterocycles. The Morgan fingerprint density at radius 2 is 2.14 bits per heavy atom. The highest BCUT2D eigenvalue weighted by molar-refractivity contribution is 5.99. The summed E-state index contributed by atoms with van der Waals surface area (Å²) in [7, 11) is 0. The molecule has 0 radical (unpaired) electrons. The van der Waals surface area contributed by atoms with Crippen LogP contribution in [0.1, 0.15) is 6.92 Å². The fraction of sp³-hybridized carbons (Fsp3) is 0.357. The molecule has 2 rings (SSSR count). The van der Waals surface area contributed by atoms with E-state index in [4.69, 9.17) is 5.11 Å². The van der Waals surface area contributed by atoms with Gasteiger partial charge in [0, 0.05) is 49.2 Å². The van der Waals surface area contributed by atoms with Gasteiger partial charge in [-0.1, -0.05) is 0 Å². The first-order chi connectivity index (χ1) is 10.1. The number of nitro benzene ring substituents is 1. The van der Waals surface area contributed by atoms with Crippen LogP contribution in [0, 0.1) is 10.1 Å². The maximum atomic E-state index is 11.0. The molecule has 1 aromatic heterocycles. The molecule has 0 spiro atoms. The van der Waals surface area contributed by atoms with Gasteiger partial charge in [-0.15, -0.1) is 0 Å². The summed E-state index contributed by atoms with van der Waals surface area (Å²) in [5.41, 5.74) is 0.882. The summed E-state index contributed by atoms with van der Waals surface area (Å²) >= 11 is 0. The standard InChI is InChI=1S/C14H18N4O3/c1-10(19)8-16-6-7-17-13-2-3-14(18(20)21)11-4-5-15-9-12(11)13/h2-5,9-10,16-17,19H,6-8H2,1H3. The summed E-state index contributed by atoms with van der Waals surface area (Å²) in [6, 6.07) is 4.83. The predicted octanol–water partition coefficient (Wildman–Crippen LogP) is 1.53. The molecular formula is C14H18N4O3. The number of non-ortho nitro benzene ring substituents is 1. The first kappa shape index (κ1) is 15.1. The van der Waals surface area contributed by atoms with Crippen LogP contribution in [0.3, 0.4) is 0 Å². The van der Waals surface area contributed by atoms with Gasteiger partial charge in [-0.05, 0) is 19.1 Å². The van der Waals surface area contributed by atoms with Crippen molar-refractivity contribution < 1.29 is 10.0 Å². The van der Waals surface area contributed by atoms with Gasteiger partial charge in [-0.3, -0.25) is 15.1 Å². The second-order valence-electron chi connectivity index (χ2n) is 4.79. The summed E-state index contributed by atoms with van der Waals surface area (Å²) < 4.78 is 0. The molecule has 7 heteroatoms. The van der Waals surface area contributed by atoms with Crippen molar-refractivity contribution in [1.29, 1.82) is 0 Å². The largest absolute Gasteiger partial charge is 0.392 e. The number of rotatable bonds is 7. The smallest absolute Gasteiger partial charge is 0.277 e. The van der Waals surface area contributed by atoms with Crippen LogP contribution >= 0.6 is 0 Å². The molecule has 0 aliphatic carbocycles. The summed E-state index contributed by atoms with van der Waals surface area (Å²) in [6.07, 6.45) is 2.78. The second kappa shape index (κ2) is 6.96. The number of nitrogens with zero attached hydrogens (tertiary/aromatic N) is 2. The fourth-order valence-electron chi connectivity index (χ4n) is 2.08. The molecule has 0 saturated carbocycles. The third kappa shape index (κ3) is 3.87. The molecule has 1 unspecified atom stereocenters. The maximum Gasteiger partial charge on any atom is 0.277 e. The lowest BCUT2D eigenvalue weighted by atomic mass is 10.1. The van der Waals surface area contributed by atoms with Crippen molar-refractivity contribution in [3.05, 3.63) is 40.7 Å². The van der Waals surface area contributed by atoms with Crippen LogP contribution in [0.4, 0.5) is 11.4 Å². The van der Waals surface area contributed by atoms with Gasteiger partial charge in [0.05, 0.1) is 16.4 Å². The quantitative estimate of drug-likeness (QED) is 0.406.